The van der Waals surface area contributed by atoms with Gasteiger partial charge >= 0.3 is 0 Å². The highest BCUT2D eigenvalue weighted by Crippen LogP contribution is 2.19. The molecule has 0 N–H and O–H groups in total. The van der Waals surface area contributed by atoms with Crippen molar-refractivity contribution in [2.45, 2.75) is 0 Å². The second-order valence-electron chi connectivity index (χ2n) is 3.24. The molecule has 1 heterocycles. The lowest BCUT2D eigenvalue weighted by Gasteiger charge is -2.02. The minimum atomic E-state index is -0.760. The topological polar surface area (TPSA) is 30.0 Å². The van der Waals surface area contributed by atoms with Crippen LogP contribution in [0.2, 0.25) is 0 Å². The molecule has 0 saturated heterocycles. The number of carbonyl (C=O) groups excluding carboxylic acids is 1. The van der Waals surface area contributed by atoms with E-state index in [1.165, 1.54) is 24.3 Å². The van der Waals surface area contributed by atoms with Crippen LogP contribution in [0.1, 0.15) is 10.4 Å². The predicted molar refractivity (Wildman–Crippen MR) is 55.0 cm³/mol. The third kappa shape index (κ3) is 2.11. The molecule has 0 bridgehead atoms. The zero-order valence-corrected chi connectivity index (χ0v) is 8.15. The molecule has 0 amide bonds. The van der Waals surface area contributed by atoms with Crippen LogP contribution in [0.5, 0.6) is 0 Å². The summed E-state index contributed by atoms with van der Waals surface area (Å²) in [6.07, 6.45) is 0.521. The van der Waals surface area contributed by atoms with Crippen LogP contribution in [-0.2, 0) is 0 Å². The molecule has 2 aromatic rings. The monoisotopic (exact) mass is 219 g/mol. The number of halogens is 2. The lowest BCUT2D eigenvalue weighted by Crippen LogP contribution is -1.92. The number of carbonyl (C=O) groups is 1. The molecule has 0 atom stereocenters. The third-order valence-electron chi connectivity index (χ3n) is 2.07. The van der Waals surface area contributed by atoms with Crippen molar-refractivity contribution in [3.05, 3.63) is 53.7 Å². The van der Waals surface area contributed by atoms with E-state index in [9.17, 15) is 13.6 Å². The molecule has 4 heteroatoms. The number of benzene rings is 1. The molecule has 16 heavy (non-hydrogen) atoms. The molecule has 2 nitrogen and oxygen atoms in total. The average Bonchev–Trinajstić information content (AvgIpc) is 2.28. The standard InChI is InChI=1S/C12H7F2NO/c13-10-3-1-2-9(6-10)11-4-8(7-16)5-12(14)15-11/h1-7H. The summed E-state index contributed by atoms with van der Waals surface area (Å²) in [5, 5.41) is 0. The molecule has 0 aliphatic heterocycles. The van der Waals surface area contributed by atoms with E-state index in [0.29, 0.717) is 11.8 Å². The van der Waals surface area contributed by atoms with E-state index in [4.69, 9.17) is 0 Å². The van der Waals surface area contributed by atoms with Gasteiger partial charge < -0.3 is 0 Å². The van der Waals surface area contributed by atoms with Crippen LogP contribution >= 0.6 is 0 Å². The highest BCUT2D eigenvalue weighted by molar-refractivity contribution is 5.77. The van der Waals surface area contributed by atoms with Crippen LogP contribution in [0.3, 0.4) is 0 Å². The first-order valence-electron chi connectivity index (χ1n) is 4.58. The molecule has 0 radical (unpaired) electrons. The summed E-state index contributed by atoms with van der Waals surface area (Å²) < 4.78 is 26.0. The number of pyridine rings is 1. The quantitative estimate of drug-likeness (QED) is 0.574. The van der Waals surface area contributed by atoms with E-state index in [1.807, 2.05) is 0 Å². The Bertz CT molecular complexity index is 540. The zero-order valence-electron chi connectivity index (χ0n) is 8.15. The molecule has 0 unspecified atom stereocenters. The number of hydrogen-bond acceptors (Lipinski definition) is 2. The Morgan fingerprint density at radius 2 is 1.94 bits per heavy atom. The van der Waals surface area contributed by atoms with Crippen LogP contribution in [0.15, 0.2) is 36.4 Å². The molecule has 0 saturated carbocycles. The van der Waals surface area contributed by atoms with Gasteiger partial charge in [0.1, 0.15) is 12.1 Å². The van der Waals surface area contributed by atoms with Gasteiger partial charge in [0, 0.05) is 17.2 Å². The van der Waals surface area contributed by atoms with Crippen molar-refractivity contribution in [3.8, 4) is 11.3 Å². The van der Waals surface area contributed by atoms with Gasteiger partial charge in [-0.15, -0.1) is 0 Å². The number of hydrogen-bond donors (Lipinski definition) is 0. The number of aldehydes is 1. The summed E-state index contributed by atoms with van der Waals surface area (Å²) >= 11 is 0. The van der Waals surface area contributed by atoms with Gasteiger partial charge in [-0.25, -0.2) is 9.37 Å². The summed E-state index contributed by atoms with van der Waals surface area (Å²) in [5.74, 6) is -1.19. The van der Waals surface area contributed by atoms with Crippen molar-refractivity contribution < 1.29 is 13.6 Å². The minimum absolute atomic E-state index is 0.173. The number of aromatic nitrogens is 1. The fourth-order valence-electron chi connectivity index (χ4n) is 1.38. The van der Waals surface area contributed by atoms with E-state index in [-0.39, 0.29) is 11.3 Å². The normalized spacial score (nSPS) is 10.1. The van der Waals surface area contributed by atoms with Crippen molar-refractivity contribution >= 4 is 6.29 Å². The van der Waals surface area contributed by atoms with E-state index >= 15 is 0 Å². The average molecular weight is 219 g/mol. The van der Waals surface area contributed by atoms with Crippen molar-refractivity contribution in [2.24, 2.45) is 0 Å². The molecule has 80 valence electrons. The Balaban J connectivity index is 2.55. The van der Waals surface area contributed by atoms with Crippen LogP contribution in [-0.4, -0.2) is 11.3 Å². The summed E-state index contributed by atoms with van der Waals surface area (Å²) in [4.78, 5) is 14.1. The lowest BCUT2D eigenvalue weighted by molar-refractivity contribution is 0.112. The predicted octanol–water partition coefficient (Wildman–Crippen LogP) is 2.84. The van der Waals surface area contributed by atoms with Crippen LogP contribution in [0, 0.1) is 11.8 Å². The molecule has 0 aliphatic carbocycles. The van der Waals surface area contributed by atoms with E-state index < -0.39 is 11.8 Å². The van der Waals surface area contributed by atoms with E-state index in [0.717, 1.165) is 6.07 Å². The van der Waals surface area contributed by atoms with Gasteiger partial charge in [-0.2, -0.15) is 4.39 Å². The number of nitrogens with zero attached hydrogens (tertiary/aromatic N) is 1. The molecule has 0 aliphatic rings. The Hall–Kier alpha value is -2.10. The van der Waals surface area contributed by atoms with Gasteiger partial charge in [-0.1, -0.05) is 12.1 Å². The molecule has 2 rings (SSSR count). The number of rotatable bonds is 2. The molecule has 1 aromatic carbocycles. The Morgan fingerprint density at radius 1 is 1.12 bits per heavy atom. The largest absolute Gasteiger partial charge is 0.298 e. The van der Waals surface area contributed by atoms with Gasteiger partial charge in [0.05, 0.1) is 5.69 Å². The summed E-state index contributed by atoms with van der Waals surface area (Å²) in [7, 11) is 0. The first-order valence-corrected chi connectivity index (χ1v) is 4.58. The van der Waals surface area contributed by atoms with Gasteiger partial charge in [0.2, 0.25) is 5.95 Å². The Morgan fingerprint density at radius 3 is 2.62 bits per heavy atom. The molecule has 1 aromatic heterocycles. The van der Waals surface area contributed by atoms with Gasteiger partial charge in [-0.05, 0) is 18.2 Å². The smallest absolute Gasteiger partial charge is 0.214 e. The van der Waals surface area contributed by atoms with E-state index in [2.05, 4.69) is 4.98 Å². The van der Waals surface area contributed by atoms with Crippen LogP contribution < -0.4 is 0 Å². The maximum atomic E-state index is 13.0. The summed E-state index contributed by atoms with van der Waals surface area (Å²) in [6, 6.07) is 8.04. The zero-order chi connectivity index (χ0) is 11.5. The van der Waals surface area contributed by atoms with Gasteiger partial charge in [0.25, 0.3) is 0 Å². The van der Waals surface area contributed by atoms with Crippen molar-refractivity contribution in [1.29, 1.82) is 0 Å². The molecule has 0 fully saturated rings. The summed E-state index contributed by atoms with van der Waals surface area (Å²) in [6.45, 7) is 0. The lowest BCUT2D eigenvalue weighted by atomic mass is 10.1. The SMILES string of the molecule is O=Cc1cc(F)nc(-c2cccc(F)c2)c1. The maximum absolute atomic E-state index is 13.0. The minimum Gasteiger partial charge on any atom is -0.298 e. The molecular weight excluding hydrogens is 212 g/mol. The Kier molecular flexibility index (Phi) is 2.72. The van der Waals surface area contributed by atoms with E-state index in [1.54, 1.807) is 6.07 Å². The molecular formula is C12H7F2NO. The van der Waals surface area contributed by atoms with Crippen molar-refractivity contribution in [2.75, 3.05) is 0 Å². The van der Waals surface area contributed by atoms with Gasteiger partial charge in [0.15, 0.2) is 0 Å². The van der Waals surface area contributed by atoms with Crippen molar-refractivity contribution in [1.82, 2.24) is 4.98 Å². The first kappa shape index (κ1) is 10.4. The fourth-order valence-corrected chi connectivity index (χ4v) is 1.38. The van der Waals surface area contributed by atoms with Gasteiger partial charge in [-0.3, -0.25) is 4.79 Å². The maximum Gasteiger partial charge on any atom is 0.214 e. The Labute approximate surface area is 90.6 Å². The highest BCUT2D eigenvalue weighted by atomic mass is 19.1. The van der Waals surface area contributed by atoms with Crippen LogP contribution in [0.25, 0.3) is 11.3 Å². The second-order valence-corrected chi connectivity index (χ2v) is 3.24. The third-order valence-corrected chi connectivity index (χ3v) is 2.07. The summed E-state index contributed by atoms with van der Waals surface area (Å²) in [5.41, 5.74) is 0.843. The fraction of sp³-hybridized carbons (Fsp3) is 0. The molecule has 0 spiro atoms. The first-order chi connectivity index (χ1) is 7.69. The highest BCUT2D eigenvalue weighted by Gasteiger charge is 2.05. The van der Waals surface area contributed by atoms with Crippen molar-refractivity contribution in [3.63, 3.8) is 0 Å². The van der Waals surface area contributed by atoms with Crippen LogP contribution in [0.4, 0.5) is 8.78 Å². The second kappa shape index (κ2) is 4.18.